The fourth-order valence-electron chi connectivity index (χ4n) is 3.49. The number of fused-ring (bicyclic) bond motifs is 1. The smallest absolute Gasteiger partial charge is 0.422 e. The molecule has 0 radical (unpaired) electrons. The molecule has 0 fully saturated rings. The zero-order chi connectivity index (χ0) is 21.6. The Morgan fingerprint density at radius 3 is 2.28 bits per heavy atom. The van der Waals surface area contributed by atoms with E-state index >= 15 is 0 Å². The molecule has 0 N–H and O–H groups in total. The predicted octanol–water partition coefficient (Wildman–Crippen LogP) is 1.36. The number of rotatable bonds is 5. The Morgan fingerprint density at radius 1 is 0.906 bits per heavy atom. The molecule has 2 aromatic carbocycles. The fourth-order valence-corrected chi connectivity index (χ4v) is 3.49. The first-order valence-electron chi connectivity index (χ1n) is 10.4. The summed E-state index contributed by atoms with van der Waals surface area (Å²) < 4.78 is 6.28. The Labute approximate surface area is 193 Å². The third-order valence-electron chi connectivity index (χ3n) is 5.07. The van der Waals surface area contributed by atoms with Crippen molar-refractivity contribution in [1.29, 1.82) is 0 Å². The van der Waals surface area contributed by atoms with Gasteiger partial charge in [-0.05, 0) is 43.2 Å². The van der Waals surface area contributed by atoms with E-state index in [4.69, 9.17) is 0 Å². The van der Waals surface area contributed by atoms with Crippen molar-refractivity contribution >= 4 is 22.8 Å². The lowest BCUT2D eigenvalue weighted by atomic mass is 10.2. The first-order chi connectivity index (χ1) is 15.2. The summed E-state index contributed by atoms with van der Waals surface area (Å²) in [7, 11) is 1.96. The quantitative estimate of drug-likeness (QED) is 0.146. The third-order valence-corrected chi connectivity index (χ3v) is 5.07. The molecular formula is C24H26ClN7. The highest BCUT2D eigenvalue weighted by Crippen LogP contribution is 2.20. The van der Waals surface area contributed by atoms with Gasteiger partial charge in [-0.2, -0.15) is 0 Å². The van der Waals surface area contributed by atoms with Gasteiger partial charge >= 0.3 is 5.95 Å². The highest BCUT2D eigenvalue weighted by molar-refractivity contribution is 5.99. The molecule has 0 saturated heterocycles. The average Bonchev–Trinajstić information content (AvgIpc) is 3.13. The van der Waals surface area contributed by atoms with Crippen LogP contribution in [0.25, 0.3) is 11.0 Å². The molecule has 0 saturated carbocycles. The van der Waals surface area contributed by atoms with Crippen LogP contribution in [0.2, 0.25) is 0 Å². The summed E-state index contributed by atoms with van der Waals surface area (Å²) in [6, 6.07) is 21.9. The third kappa shape index (κ3) is 4.84. The van der Waals surface area contributed by atoms with Crippen molar-refractivity contribution in [3.8, 4) is 0 Å². The van der Waals surface area contributed by atoms with Gasteiger partial charge in [0.05, 0.1) is 18.4 Å². The van der Waals surface area contributed by atoms with E-state index in [9.17, 15) is 0 Å². The molecule has 0 unspecified atom stereocenters. The molecule has 0 bridgehead atoms. The number of azo groups is 1. The van der Waals surface area contributed by atoms with Crippen LogP contribution in [0.1, 0.15) is 19.4 Å². The minimum absolute atomic E-state index is 0. The summed E-state index contributed by atoms with van der Waals surface area (Å²) >= 11 is 0. The molecule has 0 spiro atoms. The second-order valence-electron chi connectivity index (χ2n) is 7.09. The van der Waals surface area contributed by atoms with Crippen molar-refractivity contribution in [2.24, 2.45) is 27.5 Å². The normalized spacial score (nSPS) is 11.7. The number of benzene rings is 2. The maximum absolute atomic E-state index is 4.64. The molecule has 164 valence electrons. The summed E-state index contributed by atoms with van der Waals surface area (Å²) in [5, 5.41) is 18.7. The van der Waals surface area contributed by atoms with Crippen molar-refractivity contribution in [3.05, 3.63) is 90.0 Å². The van der Waals surface area contributed by atoms with Crippen LogP contribution in [0.5, 0.6) is 0 Å². The van der Waals surface area contributed by atoms with Crippen LogP contribution < -0.4 is 22.3 Å². The topological polar surface area (TPSA) is 63.2 Å². The van der Waals surface area contributed by atoms with E-state index in [0.717, 1.165) is 41.0 Å². The molecule has 8 heteroatoms. The lowest BCUT2D eigenvalue weighted by Gasteiger charge is -1.98. The average molecular weight is 448 g/mol. The standard InChI is InChI=1S/C24H26N7.ClH/c1-4-30-21-13-9-10-14-22(21)31(5-2)24(30)28-27-23(19-11-7-6-8-12-19)26-25-20-15-17-29(3)18-16-20;/h6-18H,4-5H2,1-3H3;1H/q+1;/p-1. The van der Waals surface area contributed by atoms with Crippen molar-refractivity contribution in [3.63, 3.8) is 0 Å². The highest BCUT2D eigenvalue weighted by atomic mass is 35.5. The number of hydrogen-bond donors (Lipinski definition) is 0. The van der Waals surface area contributed by atoms with Gasteiger partial charge in [-0.3, -0.25) is 0 Å². The molecule has 2 heterocycles. The van der Waals surface area contributed by atoms with Crippen LogP contribution >= 0.6 is 0 Å². The molecule has 7 nitrogen and oxygen atoms in total. The summed E-state index contributed by atoms with van der Waals surface area (Å²) in [5.74, 6) is 1.26. The molecule has 32 heavy (non-hydrogen) atoms. The van der Waals surface area contributed by atoms with E-state index in [2.05, 4.69) is 55.5 Å². The van der Waals surface area contributed by atoms with Gasteiger partial charge in [-0.25, -0.2) is 9.13 Å². The van der Waals surface area contributed by atoms with Crippen LogP contribution in [0.3, 0.4) is 0 Å². The first-order valence-corrected chi connectivity index (χ1v) is 10.4. The zero-order valence-corrected chi connectivity index (χ0v) is 19.2. The number of aromatic nitrogens is 3. The number of imidazole rings is 1. The van der Waals surface area contributed by atoms with E-state index in [1.54, 1.807) is 0 Å². The Kier molecular flexibility index (Phi) is 7.68. The van der Waals surface area contributed by atoms with E-state index in [-0.39, 0.29) is 12.4 Å². The fraction of sp³-hybridized carbons (Fsp3) is 0.208. The minimum atomic E-state index is 0. The lowest BCUT2D eigenvalue weighted by molar-refractivity contribution is -0.655. The summed E-state index contributed by atoms with van der Waals surface area (Å²) in [4.78, 5) is 0. The molecule has 0 aliphatic heterocycles. The molecule has 0 amide bonds. The first kappa shape index (κ1) is 23.1. The highest BCUT2D eigenvalue weighted by Gasteiger charge is 2.22. The second-order valence-corrected chi connectivity index (χ2v) is 7.09. The Balaban J connectivity index is 0.00000289. The molecule has 4 rings (SSSR count). The van der Waals surface area contributed by atoms with Crippen LogP contribution in [0.15, 0.2) is 99.6 Å². The SMILES string of the molecule is CCn1c(N=NC(=NN=c2ccn(C)cc2)c2ccccc2)[n+](CC)c2ccccc21.[Cl-]. The van der Waals surface area contributed by atoms with E-state index < -0.39 is 0 Å². The maximum Gasteiger partial charge on any atom is 0.422 e. The van der Waals surface area contributed by atoms with E-state index in [0.29, 0.717) is 5.84 Å². The largest absolute Gasteiger partial charge is 1.00 e. The number of nitrogens with zero attached hydrogens (tertiary/aromatic N) is 7. The second kappa shape index (κ2) is 10.6. The maximum atomic E-state index is 4.64. The number of pyridine rings is 1. The van der Waals surface area contributed by atoms with Gasteiger partial charge in [0, 0.05) is 30.1 Å². The Bertz CT molecular complexity index is 1260. The molecule has 2 aromatic heterocycles. The number of hydrogen-bond acceptors (Lipinski definition) is 3. The predicted molar refractivity (Wildman–Crippen MR) is 122 cm³/mol. The number of aryl methyl sites for hydroxylation is 3. The van der Waals surface area contributed by atoms with Gasteiger partial charge < -0.3 is 17.0 Å². The van der Waals surface area contributed by atoms with E-state index in [1.165, 1.54) is 0 Å². The van der Waals surface area contributed by atoms with Crippen LogP contribution in [0, 0.1) is 0 Å². The number of amidine groups is 1. The van der Waals surface area contributed by atoms with Crippen LogP contribution in [0.4, 0.5) is 5.95 Å². The van der Waals surface area contributed by atoms with Crippen molar-refractivity contribution < 1.29 is 17.0 Å². The van der Waals surface area contributed by atoms with Gasteiger partial charge in [0.15, 0.2) is 0 Å². The van der Waals surface area contributed by atoms with Gasteiger partial charge in [0.25, 0.3) is 0 Å². The molecule has 4 aromatic rings. The van der Waals surface area contributed by atoms with Gasteiger partial charge in [0.2, 0.25) is 5.84 Å². The van der Waals surface area contributed by atoms with Gasteiger partial charge in [-0.1, -0.05) is 42.5 Å². The Morgan fingerprint density at radius 2 is 1.59 bits per heavy atom. The van der Waals surface area contributed by atoms with Crippen molar-refractivity contribution in [2.45, 2.75) is 26.9 Å². The summed E-state index contributed by atoms with van der Waals surface area (Å²) in [5.41, 5.74) is 3.14. The van der Waals surface area contributed by atoms with Crippen LogP contribution in [-0.4, -0.2) is 15.0 Å². The monoisotopic (exact) mass is 447 g/mol. The van der Waals surface area contributed by atoms with Gasteiger partial charge in [0.1, 0.15) is 11.0 Å². The summed E-state index contributed by atoms with van der Waals surface area (Å²) in [6.07, 6.45) is 3.86. The molecular weight excluding hydrogens is 422 g/mol. The molecule has 0 atom stereocenters. The number of para-hydroxylation sites is 2. The van der Waals surface area contributed by atoms with E-state index in [1.807, 2.05) is 78.6 Å². The van der Waals surface area contributed by atoms with Crippen molar-refractivity contribution in [1.82, 2.24) is 9.13 Å². The number of halogens is 1. The lowest BCUT2D eigenvalue weighted by Crippen LogP contribution is -3.00. The molecule has 0 aliphatic carbocycles. The van der Waals surface area contributed by atoms with Gasteiger partial charge in [-0.15, -0.1) is 10.2 Å². The Hall–Kier alpha value is -3.58. The summed E-state index contributed by atoms with van der Waals surface area (Å²) in [6.45, 7) is 5.82. The van der Waals surface area contributed by atoms with Crippen LogP contribution in [-0.2, 0) is 20.1 Å². The minimum Gasteiger partial charge on any atom is -1.00 e. The zero-order valence-electron chi connectivity index (χ0n) is 18.4. The van der Waals surface area contributed by atoms with Crippen molar-refractivity contribution in [2.75, 3.05) is 0 Å². The molecule has 0 aliphatic rings.